The van der Waals surface area contributed by atoms with Gasteiger partial charge in [-0.3, -0.25) is 14.7 Å². The Morgan fingerprint density at radius 1 is 1.00 bits per heavy atom. The molecule has 1 amide bonds. The smallest absolute Gasteiger partial charge is 0.253 e. The van der Waals surface area contributed by atoms with Crippen LogP contribution in [0.15, 0.2) is 48.8 Å². The number of benzene rings is 1. The van der Waals surface area contributed by atoms with Crippen molar-refractivity contribution >= 4 is 5.91 Å². The molecule has 5 nitrogen and oxygen atoms in total. The molecule has 1 aromatic carbocycles. The van der Waals surface area contributed by atoms with Crippen LogP contribution in [-0.2, 0) is 6.54 Å². The van der Waals surface area contributed by atoms with Gasteiger partial charge >= 0.3 is 0 Å². The minimum atomic E-state index is 0.129. The molecule has 0 aliphatic carbocycles. The van der Waals surface area contributed by atoms with Gasteiger partial charge in [0.05, 0.1) is 6.20 Å². The number of carbonyl (C=O) groups excluding carboxylic acids is 1. The predicted molar refractivity (Wildman–Crippen MR) is 109 cm³/mol. The molecule has 1 aromatic heterocycles. The molecule has 2 fully saturated rings. The molecule has 2 aliphatic rings. The second-order valence-corrected chi connectivity index (χ2v) is 7.83. The average Bonchev–Trinajstić information content (AvgIpc) is 2.76. The summed E-state index contributed by atoms with van der Waals surface area (Å²) in [5.74, 6) is 0.931. The SMILES string of the molecule is O=C(c1ccc(CN2CCCCC2)cc1)N1CCC(Oc2cccnc2)CC1. The maximum Gasteiger partial charge on any atom is 0.253 e. The van der Waals surface area contributed by atoms with E-state index in [0.717, 1.165) is 43.8 Å². The molecule has 0 N–H and O–H groups in total. The third kappa shape index (κ3) is 4.90. The second kappa shape index (κ2) is 9.20. The fraction of sp³-hybridized carbons (Fsp3) is 0.478. The highest BCUT2D eigenvalue weighted by atomic mass is 16.5. The number of amides is 1. The summed E-state index contributed by atoms with van der Waals surface area (Å²) in [6.45, 7) is 4.84. The molecule has 0 atom stereocenters. The standard InChI is InChI=1S/C23H29N3O2/c27-23(20-8-6-19(7-9-20)18-25-13-2-1-3-14-25)26-15-10-21(11-16-26)28-22-5-4-12-24-17-22/h4-9,12,17,21H,1-3,10-11,13-16,18H2. The van der Waals surface area contributed by atoms with Crippen LogP contribution in [0, 0.1) is 0 Å². The summed E-state index contributed by atoms with van der Waals surface area (Å²) in [6.07, 6.45) is 9.30. The molecule has 2 aliphatic heterocycles. The van der Waals surface area contributed by atoms with Crippen LogP contribution in [0.25, 0.3) is 0 Å². The van der Waals surface area contributed by atoms with E-state index in [1.165, 1.54) is 37.9 Å². The Bertz CT molecular complexity index is 749. The van der Waals surface area contributed by atoms with E-state index in [4.69, 9.17) is 4.74 Å². The molecule has 28 heavy (non-hydrogen) atoms. The molecule has 0 radical (unpaired) electrons. The molecule has 0 unspecified atom stereocenters. The maximum atomic E-state index is 12.8. The van der Waals surface area contributed by atoms with Crippen LogP contribution >= 0.6 is 0 Å². The van der Waals surface area contributed by atoms with Crippen molar-refractivity contribution in [3.63, 3.8) is 0 Å². The highest BCUT2D eigenvalue weighted by Crippen LogP contribution is 2.20. The monoisotopic (exact) mass is 379 g/mol. The summed E-state index contributed by atoms with van der Waals surface area (Å²) in [5.41, 5.74) is 2.08. The number of carbonyl (C=O) groups is 1. The first-order valence-corrected chi connectivity index (χ1v) is 10.5. The largest absolute Gasteiger partial charge is 0.489 e. The lowest BCUT2D eigenvalue weighted by molar-refractivity contribution is 0.0595. The number of likely N-dealkylation sites (tertiary alicyclic amines) is 2. The van der Waals surface area contributed by atoms with Gasteiger partial charge in [-0.15, -0.1) is 0 Å². The summed E-state index contributed by atoms with van der Waals surface area (Å²) < 4.78 is 5.97. The van der Waals surface area contributed by atoms with Crippen molar-refractivity contribution in [2.24, 2.45) is 0 Å². The van der Waals surface area contributed by atoms with Gasteiger partial charge in [0.1, 0.15) is 11.9 Å². The van der Waals surface area contributed by atoms with Gasteiger partial charge in [0.2, 0.25) is 0 Å². The average molecular weight is 380 g/mol. The normalized spacial score (nSPS) is 18.8. The molecule has 3 heterocycles. The first-order chi connectivity index (χ1) is 13.8. The van der Waals surface area contributed by atoms with Crippen molar-refractivity contribution in [1.29, 1.82) is 0 Å². The van der Waals surface area contributed by atoms with Gasteiger partial charge in [0.25, 0.3) is 5.91 Å². The quantitative estimate of drug-likeness (QED) is 0.794. The van der Waals surface area contributed by atoms with E-state index in [9.17, 15) is 4.79 Å². The molecule has 0 saturated carbocycles. The van der Waals surface area contributed by atoms with Gasteiger partial charge in [0.15, 0.2) is 0 Å². The fourth-order valence-electron chi connectivity index (χ4n) is 4.10. The van der Waals surface area contributed by atoms with Gasteiger partial charge in [-0.1, -0.05) is 18.6 Å². The lowest BCUT2D eigenvalue weighted by Gasteiger charge is -2.32. The Morgan fingerprint density at radius 2 is 1.75 bits per heavy atom. The zero-order chi connectivity index (χ0) is 19.2. The molecule has 5 heteroatoms. The molecular formula is C23H29N3O2. The number of ether oxygens (including phenoxy) is 1. The van der Waals surface area contributed by atoms with E-state index < -0.39 is 0 Å². The van der Waals surface area contributed by atoms with Crippen LogP contribution in [0.1, 0.15) is 48.0 Å². The molecular weight excluding hydrogens is 350 g/mol. The topological polar surface area (TPSA) is 45.7 Å². The fourth-order valence-corrected chi connectivity index (χ4v) is 4.10. The number of aromatic nitrogens is 1. The summed E-state index contributed by atoms with van der Waals surface area (Å²) in [5, 5.41) is 0. The summed E-state index contributed by atoms with van der Waals surface area (Å²) in [4.78, 5) is 21.4. The summed E-state index contributed by atoms with van der Waals surface area (Å²) in [6, 6.07) is 12.0. The zero-order valence-electron chi connectivity index (χ0n) is 16.4. The van der Waals surface area contributed by atoms with Crippen molar-refractivity contribution in [2.75, 3.05) is 26.2 Å². The summed E-state index contributed by atoms with van der Waals surface area (Å²) in [7, 11) is 0. The van der Waals surface area contributed by atoms with E-state index in [2.05, 4.69) is 22.0 Å². The van der Waals surface area contributed by atoms with Crippen LogP contribution in [-0.4, -0.2) is 53.0 Å². The van der Waals surface area contributed by atoms with Crippen LogP contribution in [0.3, 0.4) is 0 Å². The van der Waals surface area contributed by atoms with Gasteiger partial charge in [-0.2, -0.15) is 0 Å². The van der Waals surface area contributed by atoms with Gasteiger partial charge in [0, 0.05) is 44.2 Å². The van der Waals surface area contributed by atoms with Gasteiger partial charge in [-0.05, 0) is 55.8 Å². The van der Waals surface area contributed by atoms with Crippen LogP contribution < -0.4 is 4.74 Å². The zero-order valence-corrected chi connectivity index (χ0v) is 16.4. The molecule has 4 rings (SSSR count). The third-order valence-electron chi connectivity index (χ3n) is 5.72. The van der Waals surface area contributed by atoms with Gasteiger partial charge in [-0.25, -0.2) is 0 Å². The highest BCUT2D eigenvalue weighted by molar-refractivity contribution is 5.94. The molecule has 0 spiro atoms. The van der Waals surface area contributed by atoms with Crippen molar-refractivity contribution < 1.29 is 9.53 Å². The Labute approximate surface area is 167 Å². The Kier molecular flexibility index (Phi) is 6.22. The molecule has 2 saturated heterocycles. The second-order valence-electron chi connectivity index (χ2n) is 7.83. The molecule has 148 valence electrons. The van der Waals surface area contributed by atoms with E-state index >= 15 is 0 Å². The van der Waals surface area contributed by atoms with Crippen molar-refractivity contribution in [1.82, 2.24) is 14.8 Å². The number of pyridine rings is 1. The lowest BCUT2D eigenvalue weighted by Crippen LogP contribution is -2.41. The van der Waals surface area contributed by atoms with Crippen molar-refractivity contribution in [2.45, 2.75) is 44.8 Å². The van der Waals surface area contributed by atoms with E-state index in [1.54, 1.807) is 12.4 Å². The van der Waals surface area contributed by atoms with E-state index in [1.807, 2.05) is 29.2 Å². The number of nitrogens with zero attached hydrogens (tertiary/aromatic N) is 3. The van der Waals surface area contributed by atoms with E-state index in [-0.39, 0.29) is 12.0 Å². The third-order valence-corrected chi connectivity index (χ3v) is 5.72. The highest BCUT2D eigenvalue weighted by Gasteiger charge is 2.24. The van der Waals surface area contributed by atoms with Crippen LogP contribution in [0.5, 0.6) is 5.75 Å². The van der Waals surface area contributed by atoms with Crippen molar-refractivity contribution in [3.8, 4) is 5.75 Å². The first-order valence-electron chi connectivity index (χ1n) is 10.5. The minimum absolute atomic E-state index is 0.129. The predicted octanol–water partition coefficient (Wildman–Crippen LogP) is 3.75. The Morgan fingerprint density at radius 3 is 2.43 bits per heavy atom. The molecule has 2 aromatic rings. The Balaban J connectivity index is 1.27. The molecule has 0 bridgehead atoms. The number of hydrogen-bond donors (Lipinski definition) is 0. The minimum Gasteiger partial charge on any atom is -0.489 e. The van der Waals surface area contributed by atoms with Gasteiger partial charge < -0.3 is 9.64 Å². The number of hydrogen-bond acceptors (Lipinski definition) is 4. The Hall–Kier alpha value is -2.40. The number of rotatable bonds is 5. The lowest BCUT2D eigenvalue weighted by atomic mass is 10.0. The summed E-state index contributed by atoms with van der Waals surface area (Å²) >= 11 is 0. The van der Waals surface area contributed by atoms with E-state index in [0.29, 0.717) is 0 Å². The van der Waals surface area contributed by atoms with Crippen molar-refractivity contribution in [3.05, 3.63) is 59.9 Å². The van der Waals surface area contributed by atoms with Crippen LogP contribution in [0.4, 0.5) is 0 Å². The van der Waals surface area contributed by atoms with Crippen LogP contribution in [0.2, 0.25) is 0 Å². The number of piperidine rings is 2. The maximum absolute atomic E-state index is 12.8. The first kappa shape index (κ1) is 18.9.